The van der Waals surface area contributed by atoms with Gasteiger partial charge < -0.3 is 11.1 Å². The van der Waals surface area contributed by atoms with Gasteiger partial charge in [-0.1, -0.05) is 13.3 Å². The predicted molar refractivity (Wildman–Crippen MR) is 76.5 cm³/mol. The van der Waals surface area contributed by atoms with Crippen LogP contribution in [-0.4, -0.2) is 30.4 Å². The molecular formula is C14H23N3O. The zero-order valence-electron chi connectivity index (χ0n) is 11.4. The summed E-state index contributed by atoms with van der Waals surface area (Å²) in [5.41, 5.74) is 7.07. The van der Waals surface area contributed by atoms with Crippen LogP contribution in [0.4, 0.5) is 11.4 Å². The summed E-state index contributed by atoms with van der Waals surface area (Å²) < 4.78 is 0. The molecule has 0 aliphatic rings. The average Bonchev–Trinajstić information content (AvgIpc) is 2.32. The fourth-order valence-corrected chi connectivity index (χ4v) is 1.79. The maximum atomic E-state index is 11.8. The fourth-order valence-electron chi connectivity index (χ4n) is 1.79. The summed E-state index contributed by atoms with van der Waals surface area (Å²) in [6, 6.07) is 7.59. The van der Waals surface area contributed by atoms with Gasteiger partial charge in [0.15, 0.2) is 0 Å². The molecular weight excluding hydrogens is 226 g/mol. The molecule has 0 fully saturated rings. The predicted octanol–water partition coefficient (Wildman–Crippen LogP) is 2.33. The number of carbonyl (C=O) groups is 1. The molecule has 0 radical (unpaired) electrons. The van der Waals surface area contributed by atoms with Crippen molar-refractivity contribution >= 4 is 17.3 Å². The Morgan fingerprint density at radius 1 is 1.39 bits per heavy atom. The Bertz CT molecular complexity index is 375. The van der Waals surface area contributed by atoms with Crippen molar-refractivity contribution < 1.29 is 4.79 Å². The average molecular weight is 249 g/mol. The molecule has 0 aliphatic heterocycles. The third-order valence-corrected chi connectivity index (χ3v) is 3.05. The third-order valence-electron chi connectivity index (χ3n) is 3.05. The minimum absolute atomic E-state index is 0.00484. The van der Waals surface area contributed by atoms with Gasteiger partial charge in [-0.2, -0.15) is 0 Å². The van der Waals surface area contributed by atoms with Crippen molar-refractivity contribution in [3.63, 3.8) is 0 Å². The summed E-state index contributed by atoms with van der Waals surface area (Å²) in [4.78, 5) is 13.9. The molecule has 0 saturated heterocycles. The maximum Gasteiger partial charge on any atom is 0.238 e. The molecule has 1 rings (SSSR count). The minimum Gasteiger partial charge on any atom is -0.399 e. The summed E-state index contributed by atoms with van der Waals surface area (Å²) in [7, 11) is 1.98. The quantitative estimate of drug-likeness (QED) is 0.761. The topological polar surface area (TPSA) is 58.4 Å². The first-order valence-electron chi connectivity index (χ1n) is 6.38. The number of likely N-dealkylation sites (N-methyl/N-ethyl adjacent to an activating group) is 1. The molecule has 18 heavy (non-hydrogen) atoms. The van der Waals surface area contributed by atoms with E-state index in [9.17, 15) is 4.79 Å². The van der Waals surface area contributed by atoms with Crippen molar-refractivity contribution in [1.82, 2.24) is 4.90 Å². The molecule has 0 spiro atoms. The van der Waals surface area contributed by atoms with E-state index in [1.54, 1.807) is 12.1 Å². The van der Waals surface area contributed by atoms with Crippen LogP contribution in [0.2, 0.25) is 0 Å². The molecule has 1 amide bonds. The lowest BCUT2D eigenvalue weighted by Crippen LogP contribution is -2.36. The van der Waals surface area contributed by atoms with Gasteiger partial charge in [0.1, 0.15) is 0 Å². The smallest absolute Gasteiger partial charge is 0.238 e. The first kappa shape index (κ1) is 14.5. The Balaban J connectivity index is 2.44. The normalized spacial score (nSPS) is 12.4. The SMILES string of the molecule is CCCC(C)N(C)CC(=O)Nc1ccc(N)cc1. The number of carbonyl (C=O) groups excluding carboxylic acids is 1. The molecule has 0 heterocycles. The largest absolute Gasteiger partial charge is 0.399 e. The highest BCUT2D eigenvalue weighted by Crippen LogP contribution is 2.10. The first-order valence-corrected chi connectivity index (χ1v) is 6.38. The number of benzene rings is 1. The molecule has 1 aromatic rings. The van der Waals surface area contributed by atoms with Gasteiger partial charge in [-0.25, -0.2) is 0 Å². The standard InChI is InChI=1S/C14H23N3O/c1-4-5-11(2)17(3)10-14(18)16-13-8-6-12(15)7-9-13/h6-9,11H,4-5,10,15H2,1-3H3,(H,16,18). The molecule has 4 heteroatoms. The van der Waals surface area contributed by atoms with Crippen molar-refractivity contribution in [3.05, 3.63) is 24.3 Å². The van der Waals surface area contributed by atoms with Crippen LogP contribution in [0.3, 0.4) is 0 Å². The lowest BCUT2D eigenvalue weighted by Gasteiger charge is -2.23. The van der Waals surface area contributed by atoms with Crippen molar-refractivity contribution in [2.45, 2.75) is 32.7 Å². The van der Waals surface area contributed by atoms with Crippen LogP contribution in [0.5, 0.6) is 0 Å². The van der Waals surface area contributed by atoms with Crippen LogP contribution in [0, 0.1) is 0 Å². The van der Waals surface area contributed by atoms with Crippen molar-refractivity contribution in [1.29, 1.82) is 0 Å². The summed E-state index contributed by atoms with van der Waals surface area (Å²) in [5, 5.41) is 2.86. The number of rotatable bonds is 6. The number of nitrogens with two attached hydrogens (primary N) is 1. The third kappa shape index (κ3) is 4.75. The van der Waals surface area contributed by atoms with Crippen molar-refractivity contribution in [3.8, 4) is 0 Å². The Morgan fingerprint density at radius 3 is 2.56 bits per heavy atom. The Labute approximate surface area is 109 Å². The number of nitrogens with zero attached hydrogens (tertiary/aromatic N) is 1. The first-order chi connectivity index (χ1) is 8.52. The Kier molecular flexibility index (Phi) is 5.65. The Morgan fingerprint density at radius 2 is 2.00 bits per heavy atom. The number of nitrogen functional groups attached to an aromatic ring is 1. The summed E-state index contributed by atoms with van der Waals surface area (Å²) in [6.45, 7) is 4.70. The molecule has 1 atom stereocenters. The molecule has 3 N–H and O–H groups in total. The van der Waals surface area contributed by atoms with E-state index in [-0.39, 0.29) is 5.91 Å². The Hall–Kier alpha value is -1.55. The summed E-state index contributed by atoms with van der Waals surface area (Å²) in [5.74, 6) is 0.00484. The van der Waals surface area contributed by atoms with E-state index < -0.39 is 0 Å². The van der Waals surface area contributed by atoms with Gasteiger partial charge in [-0.05, 0) is 44.7 Å². The minimum atomic E-state index is 0.00484. The van der Waals surface area contributed by atoms with Crippen LogP contribution < -0.4 is 11.1 Å². The monoisotopic (exact) mass is 249 g/mol. The highest BCUT2D eigenvalue weighted by Gasteiger charge is 2.12. The van der Waals surface area contributed by atoms with Gasteiger partial charge in [0.25, 0.3) is 0 Å². The van der Waals surface area contributed by atoms with E-state index in [4.69, 9.17) is 5.73 Å². The number of anilines is 2. The molecule has 1 aromatic carbocycles. The van der Waals surface area contributed by atoms with Gasteiger partial charge in [0.2, 0.25) is 5.91 Å². The maximum absolute atomic E-state index is 11.8. The van der Waals surface area contributed by atoms with Crippen LogP contribution in [0.25, 0.3) is 0 Å². The number of hydrogen-bond acceptors (Lipinski definition) is 3. The highest BCUT2D eigenvalue weighted by atomic mass is 16.2. The second kappa shape index (κ2) is 7.01. The second-order valence-corrected chi connectivity index (χ2v) is 4.72. The van der Waals surface area contributed by atoms with Crippen LogP contribution in [0.1, 0.15) is 26.7 Å². The van der Waals surface area contributed by atoms with E-state index in [0.29, 0.717) is 18.3 Å². The lowest BCUT2D eigenvalue weighted by molar-refractivity contribution is -0.117. The molecule has 0 saturated carbocycles. The van der Waals surface area contributed by atoms with Crippen LogP contribution >= 0.6 is 0 Å². The van der Waals surface area contributed by atoms with E-state index in [0.717, 1.165) is 18.5 Å². The molecule has 100 valence electrons. The van der Waals surface area contributed by atoms with Crippen LogP contribution in [0.15, 0.2) is 24.3 Å². The molecule has 0 bridgehead atoms. The summed E-state index contributed by atoms with van der Waals surface area (Å²) in [6.07, 6.45) is 2.23. The lowest BCUT2D eigenvalue weighted by atomic mass is 10.2. The number of hydrogen-bond donors (Lipinski definition) is 2. The van der Waals surface area contributed by atoms with E-state index in [1.165, 1.54) is 0 Å². The molecule has 4 nitrogen and oxygen atoms in total. The van der Waals surface area contributed by atoms with Gasteiger partial charge in [-0.3, -0.25) is 9.69 Å². The zero-order chi connectivity index (χ0) is 13.5. The van der Waals surface area contributed by atoms with E-state index >= 15 is 0 Å². The van der Waals surface area contributed by atoms with Gasteiger partial charge in [0, 0.05) is 17.4 Å². The summed E-state index contributed by atoms with van der Waals surface area (Å²) >= 11 is 0. The zero-order valence-corrected chi connectivity index (χ0v) is 11.4. The van der Waals surface area contributed by atoms with Gasteiger partial charge in [0.05, 0.1) is 6.54 Å². The molecule has 0 aromatic heterocycles. The van der Waals surface area contributed by atoms with Crippen LogP contribution in [-0.2, 0) is 4.79 Å². The van der Waals surface area contributed by atoms with E-state index in [2.05, 4.69) is 24.1 Å². The van der Waals surface area contributed by atoms with Gasteiger partial charge in [-0.15, -0.1) is 0 Å². The second-order valence-electron chi connectivity index (χ2n) is 4.72. The highest BCUT2D eigenvalue weighted by molar-refractivity contribution is 5.92. The number of amides is 1. The van der Waals surface area contributed by atoms with Crippen molar-refractivity contribution in [2.75, 3.05) is 24.6 Å². The van der Waals surface area contributed by atoms with Gasteiger partial charge >= 0.3 is 0 Å². The molecule has 1 unspecified atom stereocenters. The fraction of sp³-hybridized carbons (Fsp3) is 0.500. The number of nitrogens with one attached hydrogen (secondary N) is 1. The van der Waals surface area contributed by atoms with Crippen molar-refractivity contribution in [2.24, 2.45) is 0 Å². The van der Waals surface area contributed by atoms with E-state index in [1.807, 2.05) is 19.2 Å². The molecule has 0 aliphatic carbocycles.